The number of nitrogens with one attached hydrogen (secondary N) is 2. The summed E-state index contributed by atoms with van der Waals surface area (Å²) in [5.74, 6) is 0.836. The van der Waals surface area contributed by atoms with E-state index in [9.17, 15) is 9.59 Å². The Morgan fingerprint density at radius 2 is 1.81 bits per heavy atom. The van der Waals surface area contributed by atoms with Gasteiger partial charge in [-0.3, -0.25) is 9.59 Å². The van der Waals surface area contributed by atoms with Crippen LogP contribution in [-0.2, 0) is 9.59 Å². The zero-order valence-corrected chi connectivity index (χ0v) is 17.4. The summed E-state index contributed by atoms with van der Waals surface area (Å²) in [6.45, 7) is -0.128. The minimum Gasteiger partial charge on any atom is -0.484 e. The van der Waals surface area contributed by atoms with Gasteiger partial charge in [-0.1, -0.05) is 18.2 Å². The number of para-hydroxylation sites is 1. The fraction of sp³-hybridized carbons (Fsp3) is 0.263. The van der Waals surface area contributed by atoms with Crippen LogP contribution in [0.25, 0.3) is 0 Å². The third kappa shape index (κ3) is 7.25. The van der Waals surface area contributed by atoms with Crippen LogP contribution in [0.15, 0.2) is 54.6 Å². The van der Waals surface area contributed by atoms with E-state index < -0.39 is 6.04 Å². The van der Waals surface area contributed by atoms with E-state index in [1.54, 1.807) is 23.9 Å². The molecule has 0 saturated carbocycles. The van der Waals surface area contributed by atoms with Crippen LogP contribution < -0.4 is 15.4 Å². The summed E-state index contributed by atoms with van der Waals surface area (Å²) in [4.78, 5) is 24.7. The van der Waals surface area contributed by atoms with Crippen molar-refractivity contribution >= 4 is 51.9 Å². The molecule has 0 saturated heterocycles. The number of rotatable bonds is 9. The van der Waals surface area contributed by atoms with Gasteiger partial charge < -0.3 is 15.4 Å². The Bertz CT molecular complexity index is 710. The molecule has 2 amide bonds. The Morgan fingerprint density at radius 1 is 1.12 bits per heavy atom. The molecule has 0 heterocycles. The number of ether oxygens (including phenoxy) is 1. The fourth-order valence-corrected chi connectivity index (χ4v) is 3.00. The second-order valence-electron chi connectivity index (χ2n) is 5.50. The lowest BCUT2D eigenvalue weighted by Gasteiger charge is -2.18. The van der Waals surface area contributed by atoms with Crippen molar-refractivity contribution < 1.29 is 14.3 Å². The summed E-state index contributed by atoms with van der Waals surface area (Å²) in [6, 6.07) is 16.0. The molecule has 1 atom stereocenters. The number of carbonyl (C=O) groups is 2. The molecule has 0 aliphatic rings. The summed E-state index contributed by atoms with van der Waals surface area (Å²) in [7, 11) is 0. The molecule has 26 heavy (non-hydrogen) atoms. The number of benzene rings is 2. The minimum absolute atomic E-state index is 0.128. The van der Waals surface area contributed by atoms with Crippen LogP contribution >= 0.6 is 34.4 Å². The summed E-state index contributed by atoms with van der Waals surface area (Å²) in [5, 5.41) is 5.61. The van der Waals surface area contributed by atoms with Gasteiger partial charge in [0.15, 0.2) is 6.61 Å². The lowest BCUT2D eigenvalue weighted by atomic mass is 10.2. The monoisotopic (exact) mass is 484 g/mol. The molecule has 0 aliphatic carbocycles. The Kier molecular flexibility index (Phi) is 8.76. The normalized spacial score (nSPS) is 11.5. The van der Waals surface area contributed by atoms with Crippen molar-refractivity contribution in [1.29, 1.82) is 0 Å². The first-order chi connectivity index (χ1) is 12.6. The molecule has 0 aliphatic heterocycles. The van der Waals surface area contributed by atoms with Crippen molar-refractivity contribution in [2.24, 2.45) is 0 Å². The standard InChI is InChI=1S/C19H21IN2O3S/c1-26-12-11-17(19(24)21-15-9-7-14(20)8-10-15)22-18(23)13-25-16-5-3-2-4-6-16/h2-10,17H,11-13H2,1H3,(H,21,24)(H,22,23). The average Bonchev–Trinajstić information content (AvgIpc) is 2.66. The van der Waals surface area contributed by atoms with Crippen molar-refractivity contribution in [3.05, 3.63) is 58.2 Å². The van der Waals surface area contributed by atoms with Gasteiger partial charge in [0.05, 0.1) is 0 Å². The van der Waals surface area contributed by atoms with Crippen LogP contribution in [0.2, 0.25) is 0 Å². The molecule has 1 unspecified atom stereocenters. The fourth-order valence-electron chi connectivity index (χ4n) is 2.17. The van der Waals surface area contributed by atoms with Crippen LogP contribution in [0.3, 0.4) is 0 Å². The lowest BCUT2D eigenvalue weighted by molar-refractivity contribution is -0.127. The summed E-state index contributed by atoms with van der Waals surface area (Å²) < 4.78 is 6.52. The van der Waals surface area contributed by atoms with Gasteiger partial charge in [0.1, 0.15) is 11.8 Å². The van der Waals surface area contributed by atoms with Crippen LogP contribution in [0.5, 0.6) is 5.75 Å². The molecule has 7 heteroatoms. The first kappa shape index (κ1) is 20.6. The molecule has 0 fully saturated rings. The van der Waals surface area contributed by atoms with Crippen molar-refractivity contribution in [1.82, 2.24) is 5.32 Å². The molecule has 2 N–H and O–H groups in total. The molecule has 0 spiro atoms. The van der Waals surface area contributed by atoms with Gasteiger partial charge in [0.25, 0.3) is 5.91 Å². The Labute approximate surface area is 171 Å². The third-order valence-electron chi connectivity index (χ3n) is 3.49. The molecule has 138 valence electrons. The number of amides is 2. The van der Waals surface area contributed by atoms with Gasteiger partial charge in [0, 0.05) is 9.26 Å². The van der Waals surface area contributed by atoms with Gasteiger partial charge in [-0.05, 0) is 77.4 Å². The molecule has 2 aromatic carbocycles. The quantitative estimate of drug-likeness (QED) is 0.535. The number of carbonyl (C=O) groups excluding carboxylic acids is 2. The van der Waals surface area contributed by atoms with Crippen molar-refractivity contribution in [3.63, 3.8) is 0 Å². The Hall–Kier alpha value is -1.74. The Balaban J connectivity index is 1.91. The maximum absolute atomic E-state index is 12.5. The van der Waals surface area contributed by atoms with E-state index in [-0.39, 0.29) is 18.4 Å². The van der Waals surface area contributed by atoms with Crippen LogP contribution in [0.4, 0.5) is 5.69 Å². The van der Waals surface area contributed by atoms with Gasteiger partial charge in [-0.15, -0.1) is 0 Å². The van der Waals surface area contributed by atoms with E-state index in [0.29, 0.717) is 17.9 Å². The van der Waals surface area contributed by atoms with Crippen LogP contribution in [0.1, 0.15) is 6.42 Å². The highest BCUT2D eigenvalue weighted by molar-refractivity contribution is 14.1. The molecule has 2 aromatic rings. The summed E-state index contributed by atoms with van der Waals surface area (Å²) in [6.07, 6.45) is 2.52. The topological polar surface area (TPSA) is 67.4 Å². The molecule has 5 nitrogen and oxygen atoms in total. The molecular formula is C19H21IN2O3S. The van der Waals surface area contributed by atoms with Gasteiger partial charge in [-0.25, -0.2) is 0 Å². The second-order valence-corrected chi connectivity index (χ2v) is 7.73. The maximum Gasteiger partial charge on any atom is 0.258 e. The second kappa shape index (κ2) is 11.1. The van der Waals surface area contributed by atoms with E-state index in [4.69, 9.17) is 4.74 Å². The van der Waals surface area contributed by atoms with Gasteiger partial charge >= 0.3 is 0 Å². The van der Waals surface area contributed by atoms with Crippen molar-refractivity contribution in [2.75, 3.05) is 23.9 Å². The summed E-state index contributed by atoms with van der Waals surface area (Å²) >= 11 is 3.83. The highest BCUT2D eigenvalue weighted by Crippen LogP contribution is 2.12. The first-order valence-corrected chi connectivity index (χ1v) is 10.6. The molecule has 0 bridgehead atoms. The predicted molar refractivity (Wildman–Crippen MR) is 115 cm³/mol. The third-order valence-corrected chi connectivity index (χ3v) is 4.85. The highest BCUT2D eigenvalue weighted by atomic mass is 127. The van der Waals surface area contributed by atoms with E-state index in [1.807, 2.05) is 48.7 Å². The van der Waals surface area contributed by atoms with E-state index >= 15 is 0 Å². The van der Waals surface area contributed by atoms with Crippen LogP contribution in [0, 0.1) is 3.57 Å². The molecule has 0 aromatic heterocycles. The zero-order chi connectivity index (χ0) is 18.8. The lowest BCUT2D eigenvalue weighted by Crippen LogP contribution is -2.45. The number of thioether (sulfide) groups is 1. The first-order valence-electron chi connectivity index (χ1n) is 8.11. The number of anilines is 1. The predicted octanol–water partition coefficient (Wildman–Crippen LogP) is 3.55. The maximum atomic E-state index is 12.5. The molecular weight excluding hydrogens is 463 g/mol. The zero-order valence-electron chi connectivity index (χ0n) is 14.4. The van der Waals surface area contributed by atoms with E-state index in [1.165, 1.54) is 0 Å². The van der Waals surface area contributed by atoms with Crippen LogP contribution in [-0.4, -0.2) is 36.5 Å². The van der Waals surface area contributed by atoms with Gasteiger partial charge in [0.2, 0.25) is 5.91 Å². The van der Waals surface area contributed by atoms with Crippen molar-refractivity contribution in [2.45, 2.75) is 12.5 Å². The van der Waals surface area contributed by atoms with E-state index in [2.05, 4.69) is 33.2 Å². The smallest absolute Gasteiger partial charge is 0.258 e. The number of hydrogen-bond acceptors (Lipinski definition) is 4. The SMILES string of the molecule is CSCCC(NC(=O)COc1ccccc1)C(=O)Nc1ccc(I)cc1. The van der Waals surface area contributed by atoms with Crippen molar-refractivity contribution in [3.8, 4) is 5.75 Å². The molecule has 2 rings (SSSR count). The largest absolute Gasteiger partial charge is 0.484 e. The van der Waals surface area contributed by atoms with Gasteiger partial charge in [-0.2, -0.15) is 11.8 Å². The Morgan fingerprint density at radius 3 is 2.46 bits per heavy atom. The summed E-state index contributed by atoms with van der Waals surface area (Å²) in [5.41, 5.74) is 0.708. The average molecular weight is 484 g/mol. The number of hydrogen-bond donors (Lipinski definition) is 2. The highest BCUT2D eigenvalue weighted by Gasteiger charge is 2.20. The van der Waals surface area contributed by atoms with E-state index in [0.717, 1.165) is 9.32 Å². The minimum atomic E-state index is -0.603. The molecule has 0 radical (unpaired) electrons. The number of halogens is 1.